The lowest BCUT2D eigenvalue weighted by molar-refractivity contribution is -0.119. The average Bonchev–Trinajstić information content (AvgIpc) is 2.94. The first-order valence-electron chi connectivity index (χ1n) is 7.85. The van der Waals surface area contributed by atoms with Crippen LogP contribution < -0.4 is 4.90 Å². The van der Waals surface area contributed by atoms with Crippen molar-refractivity contribution < 1.29 is 9.53 Å². The first kappa shape index (κ1) is 14.4. The van der Waals surface area contributed by atoms with Crippen LogP contribution in [0.15, 0.2) is 0 Å². The molecule has 0 spiro atoms. The van der Waals surface area contributed by atoms with Crippen molar-refractivity contribution in [3.05, 3.63) is 17.1 Å². The molecule has 21 heavy (non-hydrogen) atoms. The first-order valence-corrected chi connectivity index (χ1v) is 7.85. The number of ether oxygens (including phenoxy) is 1. The monoisotopic (exact) mass is 289 g/mol. The van der Waals surface area contributed by atoms with E-state index in [1.54, 1.807) is 0 Å². The first-order chi connectivity index (χ1) is 10.1. The van der Waals surface area contributed by atoms with Crippen molar-refractivity contribution in [3.8, 4) is 0 Å². The van der Waals surface area contributed by atoms with Crippen molar-refractivity contribution in [2.24, 2.45) is 0 Å². The molecule has 1 saturated heterocycles. The van der Waals surface area contributed by atoms with Crippen LogP contribution in [0.5, 0.6) is 0 Å². The predicted molar refractivity (Wildman–Crippen MR) is 80.5 cm³/mol. The summed E-state index contributed by atoms with van der Waals surface area (Å²) in [6.07, 6.45) is 3.56. The highest BCUT2D eigenvalue weighted by Gasteiger charge is 2.31. The molecule has 1 aromatic heterocycles. The van der Waals surface area contributed by atoms with Crippen LogP contribution in [-0.2, 0) is 16.0 Å². The van der Waals surface area contributed by atoms with Crippen LogP contribution in [0.4, 0.5) is 5.82 Å². The summed E-state index contributed by atoms with van der Waals surface area (Å²) in [6.45, 7) is 7.61. The second-order valence-electron chi connectivity index (χ2n) is 6.26. The summed E-state index contributed by atoms with van der Waals surface area (Å²) in [5, 5.41) is 0. The van der Waals surface area contributed by atoms with Crippen LogP contribution in [0.3, 0.4) is 0 Å². The molecule has 3 heterocycles. The maximum absolute atomic E-state index is 12.3. The van der Waals surface area contributed by atoms with E-state index in [0.29, 0.717) is 13.0 Å². The van der Waals surface area contributed by atoms with Gasteiger partial charge in [-0.25, -0.2) is 9.97 Å². The number of hydrogen-bond acceptors (Lipinski definition) is 4. The summed E-state index contributed by atoms with van der Waals surface area (Å²) in [4.78, 5) is 23.5. The van der Waals surface area contributed by atoms with Crippen LogP contribution in [-0.4, -0.2) is 35.1 Å². The number of rotatable bonds is 3. The quantitative estimate of drug-likeness (QED) is 0.857. The van der Waals surface area contributed by atoms with Gasteiger partial charge in [0.1, 0.15) is 11.6 Å². The number of aryl methyl sites for hydroxylation is 1. The largest absolute Gasteiger partial charge is 0.376 e. The van der Waals surface area contributed by atoms with Gasteiger partial charge in [0.05, 0.1) is 12.6 Å². The van der Waals surface area contributed by atoms with E-state index in [-0.39, 0.29) is 17.9 Å². The third kappa shape index (κ3) is 2.79. The topological polar surface area (TPSA) is 55.3 Å². The molecule has 0 aliphatic carbocycles. The van der Waals surface area contributed by atoms with Gasteiger partial charge in [-0.05, 0) is 26.2 Å². The van der Waals surface area contributed by atoms with Gasteiger partial charge < -0.3 is 4.74 Å². The molecule has 1 fully saturated rings. The van der Waals surface area contributed by atoms with Crippen molar-refractivity contribution >= 4 is 11.7 Å². The van der Waals surface area contributed by atoms with Gasteiger partial charge in [-0.15, -0.1) is 0 Å². The number of anilines is 1. The third-order valence-corrected chi connectivity index (χ3v) is 4.28. The fourth-order valence-corrected chi connectivity index (χ4v) is 3.04. The minimum atomic E-state index is 0.151. The Morgan fingerprint density at radius 3 is 2.81 bits per heavy atom. The number of nitrogens with zero attached hydrogens (tertiary/aromatic N) is 3. The Morgan fingerprint density at radius 2 is 2.14 bits per heavy atom. The minimum absolute atomic E-state index is 0.151. The zero-order valence-electron chi connectivity index (χ0n) is 13.1. The van der Waals surface area contributed by atoms with Gasteiger partial charge in [0, 0.05) is 30.2 Å². The summed E-state index contributed by atoms with van der Waals surface area (Å²) in [7, 11) is 0. The molecule has 1 amide bonds. The van der Waals surface area contributed by atoms with Crippen LogP contribution in [0.2, 0.25) is 0 Å². The van der Waals surface area contributed by atoms with Crippen molar-refractivity contribution in [1.29, 1.82) is 0 Å². The van der Waals surface area contributed by atoms with Crippen molar-refractivity contribution in [3.63, 3.8) is 0 Å². The Balaban J connectivity index is 1.96. The Morgan fingerprint density at radius 1 is 1.33 bits per heavy atom. The molecule has 0 N–H and O–H groups in total. The second kappa shape index (κ2) is 5.72. The fraction of sp³-hybridized carbons (Fsp3) is 0.688. The molecule has 5 heteroatoms. The van der Waals surface area contributed by atoms with Gasteiger partial charge in [0.15, 0.2) is 0 Å². The van der Waals surface area contributed by atoms with Gasteiger partial charge in [-0.3, -0.25) is 9.69 Å². The zero-order chi connectivity index (χ0) is 15.0. The number of carbonyl (C=O) groups excluding carboxylic acids is 1. The van der Waals surface area contributed by atoms with Crippen LogP contribution in [0.1, 0.15) is 56.1 Å². The molecule has 0 unspecified atom stereocenters. The Kier molecular flexibility index (Phi) is 3.93. The molecule has 1 aromatic rings. The molecular weight excluding hydrogens is 266 g/mol. The lowest BCUT2D eigenvalue weighted by atomic mass is 10.0. The number of carbonyl (C=O) groups is 1. The molecule has 0 bridgehead atoms. The minimum Gasteiger partial charge on any atom is -0.376 e. The van der Waals surface area contributed by atoms with Gasteiger partial charge in [-0.2, -0.15) is 0 Å². The molecule has 3 rings (SSSR count). The van der Waals surface area contributed by atoms with Crippen LogP contribution >= 0.6 is 0 Å². The van der Waals surface area contributed by atoms with E-state index in [2.05, 4.69) is 23.8 Å². The van der Waals surface area contributed by atoms with Crippen molar-refractivity contribution in [2.45, 2.75) is 58.5 Å². The maximum Gasteiger partial charge on any atom is 0.228 e. The van der Waals surface area contributed by atoms with E-state index < -0.39 is 0 Å². The molecule has 5 nitrogen and oxygen atoms in total. The van der Waals surface area contributed by atoms with Crippen molar-refractivity contribution in [2.75, 3.05) is 18.1 Å². The molecule has 0 radical (unpaired) electrons. The summed E-state index contributed by atoms with van der Waals surface area (Å²) >= 11 is 0. The highest BCUT2D eigenvalue weighted by Crippen LogP contribution is 2.30. The number of hydrogen-bond donors (Lipinski definition) is 0. The number of fused-ring (bicyclic) bond motifs is 1. The summed E-state index contributed by atoms with van der Waals surface area (Å²) in [6, 6.07) is 0. The summed E-state index contributed by atoms with van der Waals surface area (Å²) in [5.74, 6) is 2.05. The Hall–Kier alpha value is -1.49. The highest BCUT2D eigenvalue weighted by molar-refractivity contribution is 5.95. The molecule has 0 saturated carbocycles. The van der Waals surface area contributed by atoms with Gasteiger partial charge in [0.2, 0.25) is 5.91 Å². The van der Waals surface area contributed by atoms with Crippen molar-refractivity contribution in [1.82, 2.24) is 9.97 Å². The average molecular weight is 289 g/mol. The molecule has 2 aliphatic rings. The zero-order valence-corrected chi connectivity index (χ0v) is 13.1. The van der Waals surface area contributed by atoms with Crippen LogP contribution in [0, 0.1) is 6.92 Å². The maximum atomic E-state index is 12.3. The second-order valence-corrected chi connectivity index (χ2v) is 6.26. The Labute approximate surface area is 125 Å². The lowest BCUT2D eigenvalue weighted by Gasteiger charge is -2.31. The van der Waals surface area contributed by atoms with Gasteiger partial charge >= 0.3 is 0 Å². The van der Waals surface area contributed by atoms with E-state index in [9.17, 15) is 4.79 Å². The van der Waals surface area contributed by atoms with E-state index >= 15 is 0 Å². The molecular formula is C16H23N3O2. The molecule has 0 aromatic carbocycles. The molecule has 1 atom stereocenters. The molecule has 114 valence electrons. The number of aromatic nitrogens is 2. The highest BCUT2D eigenvalue weighted by atomic mass is 16.5. The van der Waals surface area contributed by atoms with E-state index in [1.165, 1.54) is 0 Å². The van der Waals surface area contributed by atoms with E-state index in [1.807, 2.05) is 11.8 Å². The van der Waals surface area contributed by atoms with Gasteiger partial charge in [0.25, 0.3) is 0 Å². The van der Waals surface area contributed by atoms with Crippen LogP contribution in [0.25, 0.3) is 0 Å². The lowest BCUT2D eigenvalue weighted by Crippen LogP contribution is -2.41. The third-order valence-electron chi connectivity index (χ3n) is 4.28. The van der Waals surface area contributed by atoms with E-state index in [0.717, 1.165) is 48.8 Å². The van der Waals surface area contributed by atoms with Gasteiger partial charge in [-0.1, -0.05) is 13.8 Å². The Bertz CT molecular complexity index is 551. The number of amides is 1. The fourth-order valence-electron chi connectivity index (χ4n) is 3.04. The normalized spacial score (nSPS) is 22.0. The summed E-state index contributed by atoms with van der Waals surface area (Å²) in [5.41, 5.74) is 2.13. The predicted octanol–water partition coefficient (Wildman–Crippen LogP) is 2.37. The standard InChI is InChI=1S/C16H23N3O2/c1-10(2)15-17-11(3)13-6-7-14(20)19(16(13)18-15)9-12-5-4-8-21-12/h10,12H,4-9H2,1-3H3/t12-/m1/s1. The van der Waals surface area contributed by atoms with E-state index in [4.69, 9.17) is 4.74 Å². The summed E-state index contributed by atoms with van der Waals surface area (Å²) < 4.78 is 5.69. The molecule has 2 aliphatic heterocycles. The smallest absolute Gasteiger partial charge is 0.228 e. The SMILES string of the molecule is Cc1nc(C(C)C)nc2c1CCC(=O)N2C[C@H]1CCCO1.